The van der Waals surface area contributed by atoms with E-state index >= 15 is 0 Å². The van der Waals surface area contributed by atoms with Crippen LogP contribution in [-0.4, -0.2) is 38.7 Å². The van der Waals surface area contributed by atoms with Crippen molar-refractivity contribution in [2.45, 2.75) is 32.1 Å². The highest BCUT2D eigenvalue weighted by Gasteiger charge is 2.16. The van der Waals surface area contributed by atoms with Crippen LogP contribution < -0.4 is 5.32 Å². The summed E-state index contributed by atoms with van der Waals surface area (Å²) in [5.74, 6) is -1.22. The van der Waals surface area contributed by atoms with Crippen molar-refractivity contribution >= 4 is 21.7 Å². The molecule has 1 aromatic rings. The standard InChI is InChI=1S/C15H21NO5S/c1-15(2,3)16-13(17)9-21-14(18)12-7-5-6-11(8-12)10-22(4,19)20/h5-8H,9-10H2,1-4H3,(H,16,17). The van der Waals surface area contributed by atoms with Gasteiger partial charge in [0.05, 0.1) is 11.3 Å². The molecule has 1 rings (SSSR count). The van der Waals surface area contributed by atoms with E-state index in [4.69, 9.17) is 4.74 Å². The van der Waals surface area contributed by atoms with Gasteiger partial charge in [-0.05, 0) is 38.5 Å². The second-order valence-electron chi connectivity index (χ2n) is 6.14. The lowest BCUT2D eigenvalue weighted by Gasteiger charge is -2.20. The molecule has 0 heterocycles. The molecule has 22 heavy (non-hydrogen) atoms. The number of carbonyl (C=O) groups is 2. The molecule has 0 unspecified atom stereocenters. The Morgan fingerprint density at radius 2 is 1.86 bits per heavy atom. The summed E-state index contributed by atoms with van der Waals surface area (Å²) in [5.41, 5.74) is 0.305. The SMILES string of the molecule is CC(C)(C)NC(=O)COC(=O)c1cccc(CS(C)(=O)=O)c1. The lowest BCUT2D eigenvalue weighted by atomic mass is 10.1. The van der Waals surface area contributed by atoms with Gasteiger partial charge in [0.2, 0.25) is 0 Å². The molecule has 0 fully saturated rings. The number of hydrogen-bond donors (Lipinski definition) is 1. The molecule has 0 spiro atoms. The molecule has 0 saturated heterocycles. The molecule has 0 aliphatic carbocycles. The van der Waals surface area contributed by atoms with Gasteiger partial charge in [-0.15, -0.1) is 0 Å². The fraction of sp³-hybridized carbons (Fsp3) is 0.467. The first-order valence-corrected chi connectivity index (χ1v) is 8.77. The third-order valence-electron chi connectivity index (χ3n) is 2.44. The van der Waals surface area contributed by atoms with Gasteiger partial charge in [-0.2, -0.15) is 0 Å². The fourth-order valence-electron chi connectivity index (χ4n) is 1.76. The van der Waals surface area contributed by atoms with Gasteiger partial charge < -0.3 is 10.1 Å². The third kappa shape index (κ3) is 7.21. The maximum absolute atomic E-state index is 11.9. The summed E-state index contributed by atoms with van der Waals surface area (Å²) in [6.07, 6.45) is 1.12. The zero-order valence-corrected chi connectivity index (χ0v) is 14.0. The average Bonchev–Trinajstić information content (AvgIpc) is 2.32. The summed E-state index contributed by atoms with van der Waals surface area (Å²) in [6.45, 7) is 5.08. The van der Waals surface area contributed by atoms with Gasteiger partial charge in [0.25, 0.3) is 5.91 Å². The Labute approximate surface area is 130 Å². The molecule has 0 bridgehead atoms. The first-order chi connectivity index (χ1) is 9.96. The molecule has 0 aromatic heterocycles. The molecular formula is C15H21NO5S. The molecule has 6 nitrogen and oxygen atoms in total. The van der Waals surface area contributed by atoms with Crippen LogP contribution in [0.25, 0.3) is 0 Å². The van der Waals surface area contributed by atoms with E-state index in [9.17, 15) is 18.0 Å². The number of benzene rings is 1. The Balaban J connectivity index is 2.67. The highest BCUT2D eigenvalue weighted by Crippen LogP contribution is 2.10. The van der Waals surface area contributed by atoms with Crippen LogP contribution in [0.15, 0.2) is 24.3 Å². The molecule has 0 saturated carbocycles. The molecule has 1 aromatic carbocycles. The van der Waals surface area contributed by atoms with Gasteiger partial charge in [0.15, 0.2) is 16.4 Å². The van der Waals surface area contributed by atoms with E-state index in [1.165, 1.54) is 12.1 Å². The summed E-state index contributed by atoms with van der Waals surface area (Å²) < 4.78 is 27.4. The second kappa shape index (κ2) is 6.91. The van der Waals surface area contributed by atoms with Crippen molar-refractivity contribution in [1.29, 1.82) is 0 Å². The minimum Gasteiger partial charge on any atom is -0.452 e. The monoisotopic (exact) mass is 327 g/mol. The predicted octanol–water partition coefficient (Wildman–Crippen LogP) is 1.30. The normalized spacial score (nSPS) is 11.8. The number of esters is 1. The van der Waals surface area contributed by atoms with Crippen molar-refractivity contribution in [3.05, 3.63) is 35.4 Å². The Bertz CT molecular complexity index is 659. The second-order valence-corrected chi connectivity index (χ2v) is 8.28. The molecule has 7 heteroatoms. The van der Waals surface area contributed by atoms with Crippen LogP contribution >= 0.6 is 0 Å². The Morgan fingerprint density at radius 3 is 2.41 bits per heavy atom. The van der Waals surface area contributed by atoms with Crippen molar-refractivity contribution < 1.29 is 22.7 Å². The van der Waals surface area contributed by atoms with E-state index in [0.717, 1.165) is 6.26 Å². The Kier molecular flexibility index (Phi) is 5.71. The molecule has 0 radical (unpaired) electrons. The summed E-state index contributed by atoms with van der Waals surface area (Å²) in [5, 5.41) is 2.67. The quantitative estimate of drug-likeness (QED) is 0.823. The summed E-state index contributed by atoms with van der Waals surface area (Å²) >= 11 is 0. The van der Waals surface area contributed by atoms with E-state index in [1.54, 1.807) is 12.1 Å². The van der Waals surface area contributed by atoms with E-state index in [2.05, 4.69) is 5.32 Å². The molecular weight excluding hydrogens is 306 g/mol. The van der Waals surface area contributed by atoms with Gasteiger partial charge >= 0.3 is 5.97 Å². The van der Waals surface area contributed by atoms with Crippen LogP contribution in [0.1, 0.15) is 36.7 Å². The Hall–Kier alpha value is -1.89. The number of rotatable bonds is 5. The van der Waals surface area contributed by atoms with Gasteiger partial charge in [-0.25, -0.2) is 13.2 Å². The summed E-state index contributed by atoms with van der Waals surface area (Å²) in [4.78, 5) is 23.5. The maximum atomic E-state index is 11.9. The molecule has 0 aliphatic rings. The minimum absolute atomic E-state index is 0.154. The van der Waals surface area contributed by atoms with E-state index in [-0.39, 0.29) is 17.9 Å². The number of ether oxygens (including phenoxy) is 1. The smallest absolute Gasteiger partial charge is 0.338 e. The van der Waals surface area contributed by atoms with Crippen LogP contribution in [0.4, 0.5) is 0 Å². The topological polar surface area (TPSA) is 89.5 Å². The van der Waals surface area contributed by atoms with Crippen molar-refractivity contribution in [3.63, 3.8) is 0 Å². The van der Waals surface area contributed by atoms with Crippen LogP contribution in [0.3, 0.4) is 0 Å². The van der Waals surface area contributed by atoms with E-state index in [1.807, 2.05) is 20.8 Å². The maximum Gasteiger partial charge on any atom is 0.338 e. The highest BCUT2D eigenvalue weighted by molar-refractivity contribution is 7.89. The first-order valence-electron chi connectivity index (χ1n) is 6.71. The van der Waals surface area contributed by atoms with Gasteiger partial charge in [0, 0.05) is 11.8 Å². The van der Waals surface area contributed by atoms with Crippen molar-refractivity contribution in [2.24, 2.45) is 0 Å². The fourth-order valence-corrected chi connectivity index (χ4v) is 2.54. The van der Waals surface area contributed by atoms with Crippen LogP contribution in [0.5, 0.6) is 0 Å². The van der Waals surface area contributed by atoms with E-state index in [0.29, 0.717) is 5.56 Å². The zero-order valence-electron chi connectivity index (χ0n) is 13.2. The number of amides is 1. The zero-order chi connectivity index (χ0) is 17.0. The van der Waals surface area contributed by atoms with Crippen LogP contribution in [0.2, 0.25) is 0 Å². The highest BCUT2D eigenvalue weighted by atomic mass is 32.2. The van der Waals surface area contributed by atoms with Crippen molar-refractivity contribution in [1.82, 2.24) is 5.32 Å². The average molecular weight is 327 g/mol. The lowest BCUT2D eigenvalue weighted by molar-refractivity contribution is -0.125. The lowest BCUT2D eigenvalue weighted by Crippen LogP contribution is -2.42. The predicted molar refractivity (Wildman–Crippen MR) is 83.2 cm³/mol. The largest absolute Gasteiger partial charge is 0.452 e. The number of carbonyl (C=O) groups excluding carboxylic acids is 2. The summed E-state index contributed by atoms with van der Waals surface area (Å²) in [6, 6.07) is 6.15. The minimum atomic E-state index is -3.18. The summed E-state index contributed by atoms with van der Waals surface area (Å²) in [7, 11) is -3.18. The number of hydrogen-bond acceptors (Lipinski definition) is 5. The Morgan fingerprint density at radius 1 is 1.23 bits per heavy atom. The third-order valence-corrected chi connectivity index (χ3v) is 3.30. The van der Waals surface area contributed by atoms with Crippen molar-refractivity contribution in [2.75, 3.05) is 12.9 Å². The molecule has 0 atom stereocenters. The molecule has 1 N–H and O–H groups in total. The number of sulfone groups is 1. The number of nitrogens with one attached hydrogen (secondary N) is 1. The van der Waals surface area contributed by atoms with Crippen LogP contribution in [0, 0.1) is 0 Å². The molecule has 1 amide bonds. The van der Waals surface area contributed by atoms with E-state index < -0.39 is 27.3 Å². The van der Waals surface area contributed by atoms with Gasteiger partial charge in [-0.1, -0.05) is 12.1 Å². The van der Waals surface area contributed by atoms with Crippen LogP contribution in [-0.2, 0) is 25.1 Å². The first kappa shape index (κ1) is 18.2. The van der Waals surface area contributed by atoms with Crippen molar-refractivity contribution in [3.8, 4) is 0 Å². The molecule has 122 valence electrons. The van der Waals surface area contributed by atoms with Gasteiger partial charge in [-0.3, -0.25) is 4.79 Å². The van der Waals surface area contributed by atoms with Gasteiger partial charge in [0.1, 0.15) is 0 Å². The molecule has 0 aliphatic heterocycles.